The predicted molar refractivity (Wildman–Crippen MR) is 69.1 cm³/mol. The van der Waals surface area contributed by atoms with Gasteiger partial charge in [-0.3, -0.25) is 0 Å². The van der Waals surface area contributed by atoms with Gasteiger partial charge in [0.25, 0.3) is 0 Å². The number of rotatable bonds is 1. The van der Waals surface area contributed by atoms with Crippen molar-refractivity contribution in [3.8, 4) is 0 Å². The fraction of sp³-hybridized carbons (Fsp3) is 0.467. The smallest absolute Gasteiger partial charge is 0.0132 e. The van der Waals surface area contributed by atoms with Crippen LogP contribution < -0.4 is 0 Å². The Hall–Kier alpha value is -1.04. The predicted octanol–water partition coefficient (Wildman–Crippen LogP) is 4.67. The highest BCUT2D eigenvalue weighted by Crippen LogP contribution is 2.34. The van der Waals surface area contributed by atoms with E-state index in [1.807, 2.05) is 0 Å². The Morgan fingerprint density at radius 3 is 1.87 bits per heavy atom. The summed E-state index contributed by atoms with van der Waals surface area (Å²) in [5.74, 6) is 0. The van der Waals surface area contributed by atoms with E-state index in [1.165, 1.54) is 27.8 Å². The average Bonchev–Trinajstić information content (AvgIpc) is 2.08. The highest BCUT2D eigenvalue weighted by Gasteiger charge is 2.18. The fourth-order valence-corrected chi connectivity index (χ4v) is 1.69. The van der Waals surface area contributed by atoms with E-state index in [0.717, 1.165) is 0 Å². The molecule has 0 N–H and O–H groups in total. The van der Waals surface area contributed by atoms with E-state index in [9.17, 15) is 0 Å². The maximum Gasteiger partial charge on any atom is -0.0132 e. The molecule has 0 nitrogen and oxygen atoms in total. The molecule has 0 radical (unpaired) electrons. The molecule has 0 aliphatic heterocycles. The van der Waals surface area contributed by atoms with E-state index < -0.39 is 0 Å². The molecule has 0 aromatic heterocycles. The molecule has 0 heterocycles. The summed E-state index contributed by atoms with van der Waals surface area (Å²) >= 11 is 0. The summed E-state index contributed by atoms with van der Waals surface area (Å²) in [4.78, 5) is 0. The SMILES string of the molecule is C=C(c1cc(C)c(C)cc1C)C(C)(C)C. The van der Waals surface area contributed by atoms with Gasteiger partial charge >= 0.3 is 0 Å². The maximum atomic E-state index is 4.23. The zero-order valence-electron chi connectivity index (χ0n) is 10.9. The highest BCUT2D eigenvalue weighted by atomic mass is 14.2. The Labute approximate surface area is 94.0 Å². The van der Waals surface area contributed by atoms with Gasteiger partial charge < -0.3 is 0 Å². The number of benzene rings is 1. The summed E-state index contributed by atoms with van der Waals surface area (Å²) in [5, 5.41) is 0. The van der Waals surface area contributed by atoms with Crippen molar-refractivity contribution in [3.63, 3.8) is 0 Å². The molecule has 1 rings (SSSR count). The van der Waals surface area contributed by atoms with Crippen LogP contribution in [0.4, 0.5) is 0 Å². The molecule has 0 fully saturated rings. The first-order valence-corrected chi connectivity index (χ1v) is 5.51. The standard InChI is InChI=1S/C15H22/c1-10-8-12(3)14(9-11(10)2)13(4)15(5,6)7/h8-9H,4H2,1-3,5-7H3. The summed E-state index contributed by atoms with van der Waals surface area (Å²) < 4.78 is 0. The molecule has 0 saturated heterocycles. The minimum atomic E-state index is 0.145. The van der Waals surface area contributed by atoms with Gasteiger partial charge in [0.05, 0.1) is 0 Å². The fourth-order valence-electron chi connectivity index (χ4n) is 1.69. The van der Waals surface area contributed by atoms with Gasteiger partial charge in [-0.25, -0.2) is 0 Å². The van der Waals surface area contributed by atoms with Crippen molar-refractivity contribution < 1.29 is 0 Å². The first-order valence-electron chi connectivity index (χ1n) is 5.51. The van der Waals surface area contributed by atoms with Crippen LogP contribution in [0.15, 0.2) is 18.7 Å². The third-order valence-electron chi connectivity index (χ3n) is 3.07. The van der Waals surface area contributed by atoms with Crippen LogP contribution in [0.1, 0.15) is 43.0 Å². The lowest BCUT2D eigenvalue weighted by atomic mass is 9.81. The molecule has 0 unspecified atom stereocenters. The lowest BCUT2D eigenvalue weighted by molar-refractivity contribution is 0.567. The Kier molecular flexibility index (Phi) is 3.08. The average molecular weight is 202 g/mol. The van der Waals surface area contributed by atoms with Gasteiger partial charge in [0.1, 0.15) is 0 Å². The van der Waals surface area contributed by atoms with E-state index in [-0.39, 0.29) is 5.41 Å². The van der Waals surface area contributed by atoms with Crippen LogP contribution in [-0.4, -0.2) is 0 Å². The molecule has 15 heavy (non-hydrogen) atoms. The van der Waals surface area contributed by atoms with E-state index >= 15 is 0 Å². The van der Waals surface area contributed by atoms with Crippen molar-refractivity contribution in [2.24, 2.45) is 5.41 Å². The molecule has 0 aliphatic rings. The Morgan fingerprint density at radius 2 is 1.40 bits per heavy atom. The van der Waals surface area contributed by atoms with Crippen molar-refractivity contribution in [1.82, 2.24) is 0 Å². The Balaban J connectivity index is 3.28. The molecule has 0 aliphatic carbocycles. The van der Waals surface area contributed by atoms with Crippen LogP contribution in [-0.2, 0) is 0 Å². The van der Waals surface area contributed by atoms with Crippen molar-refractivity contribution in [3.05, 3.63) is 41.0 Å². The summed E-state index contributed by atoms with van der Waals surface area (Å²) in [6, 6.07) is 4.51. The topological polar surface area (TPSA) is 0 Å². The minimum Gasteiger partial charge on any atom is -0.0947 e. The quantitative estimate of drug-likeness (QED) is 0.620. The van der Waals surface area contributed by atoms with Crippen LogP contribution in [0.25, 0.3) is 5.57 Å². The van der Waals surface area contributed by atoms with Crippen LogP contribution >= 0.6 is 0 Å². The van der Waals surface area contributed by atoms with Gasteiger partial charge in [-0.2, -0.15) is 0 Å². The maximum absolute atomic E-state index is 4.23. The second-order valence-electron chi connectivity index (χ2n) is 5.48. The van der Waals surface area contributed by atoms with Gasteiger partial charge in [-0.05, 0) is 54.0 Å². The van der Waals surface area contributed by atoms with Crippen molar-refractivity contribution >= 4 is 5.57 Å². The van der Waals surface area contributed by atoms with Crippen LogP contribution in [0.5, 0.6) is 0 Å². The number of hydrogen-bond acceptors (Lipinski definition) is 0. The van der Waals surface area contributed by atoms with Gasteiger partial charge in [-0.15, -0.1) is 0 Å². The molecular formula is C15H22. The third-order valence-corrected chi connectivity index (χ3v) is 3.07. The van der Waals surface area contributed by atoms with E-state index in [2.05, 4.69) is 60.3 Å². The van der Waals surface area contributed by atoms with Gasteiger partial charge in [0.2, 0.25) is 0 Å². The normalized spacial score (nSPS) is 11.6. The second kappa shape index (κ2) is 3.84. The van der Waals surface area contributed by atoms with E-state index in [0.29, 0.717) is 0 Å². The molecule has 1 aromatic carbocycles. The minimum absolute atomic E-state index is 0.145. The van der Waals surface area contributed by atoms with Crippen molar-refractivity contribution in [1.29, 1.82) is 0 Å². The lowest BCUT2D eigenvalue weighted by Crippen LogP contribution is -2.08. The van der Waals surface area contributed by atoms with E-state index in [4.69, 9.17) is 0 Å². The van der Waals surface area contributed by atoms with Gasteiger partial charge in [-0.1, -0.05) is 39.5 Å². The molecule has 82 valence electrons. The molecular weight excluding hydrogens is 180 g/mol. The molecule has 0 atom stereocenters. The number of aryl methyl sites for hydroxylation is 3. The van der Waals surface area contributed by atoms with Gasteiger partial charge in [0, 0.05) is 0 Å². The molecule has 0 spiro atoms. The van der Waals surface area contributed by atoms with Crippen LogP contribution in [0.2, 0.25) is 0 Å². The molecule has 0 heteroatoms. The van der Waals surface area contributed by atoms with Crippen LogP contribution in [0.3, 0.4) is 0 Å². The van der Waals surface area contributed by atoms with Crippen LogP contribution in [0, 0.1) is 26.2 Å². The largest absolute Gasteiger partial charge is 0.0947 e. The summed E-state index contributed by atoms with van der Waals surface area (Å²) in [6.07, 6.45) is 0. The number of hydrogen-bond donors (Lipinski definition) is 0. The lowest BCUT2D eigenvalue weighted by Gasteiger charge is -2.24. The Morgan fingerprint density at radius 1 is 0.933 bits per heavy atom. The third kappa shape index (κ3) is 2.50. The molecule has 0 saturated carbocycles. The van der Waals surface area contributed by atoms with Crippen molar-refractivity contribution in [2.45, 2.75) is 41.5 Å². The zero-order chi connectivity index (χ0) is 11.8. The summed E-state index contributed by atoms with van der Waals surface area (Å²) in [6.45, 7) is 17.3. The first-order chi connectivity index (χ1) is 6.73. The number of allylic oxidation sites excluding steroid dienone is 1. The van der Waals surface area contributed by atoms with Gasteiger partial charge in [0.15, 0.2) is 0 Å². The summed E-state index contributed by atoms with van der Waals surface area (Å²) in [7, 11) is 0. The molecule has 0 amide bonds. The second-order valence-corrected chi connectivity index (χ2v) is 5.48. The Bertz CT molecular complexity index is 389. The monoisotopic (exact) mass is 202 g/mol. The highest BCUT2D eigenvalue weighted by molar-refractivity contribution is 5.70. The zero-order valence-corrected chi connectivity index (χ0v) is 10.9. The molecule has 0 bridgehead atoms. The summed E-state index contributed by atoms with van der Waals surface area (Å²) in [5.41, 5.74) is 6.72. The first kappa shape index (κ1) is 12.0. The molecule has 1 aromatic rings. The van der Waals surface area contributed by atoms with Crippen molar-refractivity contribution in [2.75, 3.05) is 0 Å². The van der Waals surface area contributed by atoms with E-state index in [1.54, 1.807) is 0 Å².